The third-order valence-corrected chi connectivity index (χ3v) is 5.29. The minimum atomic E-state index is -0.175. The van der Waals surface area contributed by atoms with E-state index in [1.165, 1.54) is 0 Å². The lowest BCUT2D eigenvalue weighted by molar-refractivity contribution is -0.116. The first-order valence-corrected chi connectivity index (χ1v) is 10.5. The Morgan fingerprint density at radius 2 is 1.76 bits per heavy atom. The molecule has 156 valence electrons. The molecule has 2 radical (unpaired) electrons. The van der Waals surface area contributed by atoms with Crippen LogP contribution < -0.4 is 0 Å². The zero-order valence-electron chi connectivity index (χ0n) is 18.7. The predicted molar refractivity (Wildman–Crippen MR) is 121 cm³/mol. The normalized spacial score (nSPS) is 16.3. The van der Waals surface area contributed by atoms with Crippen LogP contribution in [0.2, 0.25) is 6.32 Å². The highest BCUT2D eigenvalue weighted by Gasteiger charge is 2.32. The van der Waals surface area contributed by atoms with E-state index in [-0.39, 0.29) is 40.9 Å². The molecule has 0 bridgehead atoms. The van der Waals surface area contributed by atoms with Crippen LogP contribution in [-0.2, 0) is 4.79 Å². The Hall–Kier alpha value is -2.17. The molecule has 0 fully saturated rings. The van der Waals surface area contributed by atoms with E-state index in [0.29, 0.717) is 19.3 Å². The summed E-state index contributed by atoms with van der Waals surface area (Å²) in [4.78, 5) is 25.2. The van der Waals surface area contributed by atoms with Crippen molar-refractivity contribution >= 4 is 25.1 Å². The fourth-order valence-corrected chi connectivity index (χ4v) is 4.23. The maximum atomic E-state index is 12.6. The van der Waals surface area contributed by atoms with Crippen molar-refractivity contribution in [2.45, 2.75) is 85.9 Å². The molecule has 1 aromatic carbocycles. The number of carbonyl (C=O) groups is 2. The lowest BCUT2D eigenvalue weighted by Gasteiger charge is -2.28. The highest BCUT2D eigenvalue weighted by atomic mass is 16.3. The second kappa shape index (κ2) is 11.1. The van der Waals surface area contributed by atoms with Crippen molar-refractivity contribution in [3.05, 3.63) is 45.2 Å². The summed E-state index contributed by atoms with van der Waals surface area (Å²) in [6.45, 7) is 11.6. The zero-order chi connectivity index (χ0) is 22.3. The number of hydrogen-bond donors (Lipinski definition) is 2. The summed E-state index contributed by atoms with van der Waals surface area (Å²) in [6.07, 6.45) is 3.10. The number of carbonyl (C=O) groups excluding carboxylic acids is 2. The second-order valence-electron chi connectivity index (χ2n) is 7.69. The number of rotatable bonds is 6. The van der Waals surface area contributed by atoms with E-state index in [1.54, 1.807) is 0 Å². The SMILES string of the molecule is CCCC(=O)c1c(C)cc(C)c(C2CC(=O)C(C(=N)CC)=C(O)C2)c1C.[B]CC. The molecule has 2 N–H and O–H groups in total. The number of aryl methyl sites for hydroxylation is 2. The monoisotopic (exact) mass is 395 g/mol. The Bertz CT molecular complexity index is 824. The van der Waals surface area contributed by atoms with Gasteiger partial charge in [-0.05, 0) is 61.8 Å². The summed E-state index contributed by atoms with van der Waals surface area (Å²) in [5, 5.41) is 18.4. The smallest absolute Gasteiger partial charge is 0.168 e. The molecule has 5 heteroatoms. The molecule has 0 aromatic heterocycles. The molecule has 1 atom stereocenters. The first-order chi connectivity index (χ1) is 13.6. The van der Waals surface area contributed by atoms with Crippen molar-refractivity contribution in [3.8, 4) is 0 Å². The van der Waals surface area contributed by atoms with Gasteiger partial charge in [-0.2, -0.15) is 0 Å². The van der Waals surface area contributed by atoms with Gasteiger partial charge in [-0.3, -0.25) is 9.59 Å². The highest BCUT2D eigenvalue weighted by Crippen LogP contribution is 2.39. The van der Waals surface area contributed by atoms with Gasteiger partial charge < -0.3 is 10.5 Å². The van der Waals surface area contributed by atoms with Crippen LogP contribution in [0.5, 0.6) is 0 Å². The molecule has 0 aliphatic heterocycles. The third kappa shape index (κ3) is 5.68. The number of ketones is 2. The van der Waals surface area contributed by atoms with E-state index in [1.807, 2.05) is 47.6 Å². The molecule has 0 saturated heterocycles. The quantitative estimate of drug-likeness (QED) is 0.359. The molecule has 2 rings (SSSR count). The number of Topliss-reactive ketones (excluding diaryl/α,β-unsaturated/α-hetero) is 2. The Balaban J connectivity index is 0.00000132. The van der Waals surface area contributed by atoms with Gasteiger partial charge in [-0.25, -0.2) is 0 Å². The Labute approximate surface area is 176 Å². The van der Waals surface area contributed by atoms with Crippen LogP contribution in [0.4, 0.5) is 0 Å². The van der Waals surface area contributed by atoms with Crippen molar-refractivity contribution in [1.82, 2.24) is 0 Å². The minimum Gasteiger partial charge on any atom is -0.511 e. The van der Waals surface area contributed by atoms with E-state index in [4.69, 9.17) is 13.3 Å². The number of benzene rings is 1. The van der Waals surface area contributed by atoms with Gasteiger partial charge in [0.15, 0.2) is 11.6 Å². The summed E-state index contributed by atoms with van der Waals surface area (Å²) in [5.74, 6) is -0.172. The van der Waals surface area contributed by atoms with Gasteiger partial charge in [-0.15, -0.1) is 0 Å². The van der Waals surface area contributed by atoms with Crippen LogP contribution >= 0.6 is 0 Å². The molecular formula is C24H34BNO3. The summed E-state index contributed by atoms with van der Waals surface area (Å²) in [5.41, 5.74) is 5.09. The summed E-state index contributed by atoms with van der Waals surface area (Å²) in [7, 11) is 4.85. The van der Waals surface area contributed by atoms with Crippen molar-refractivity contribution < 1.29 is 14.7 Å². The van der Waals surface area contributed by atoms with Gasteiger partial charge in [-0.1, -0.05) is 33.2 Å². The van der Waals surface area contributed by atoms with Gasteiger partial charge >= 0.3 is 0 Å². The molecule has 0 saturated carbocycles. The number of aliphatic hydroxyl groups is 1. The molecule has 0 spiro atoms. The predicted octanol–water partition coefficient (Wildman–Crippen LogP) is 5.88. The number of allylic oxidation sites excluding steroid dienone is 2. The molecular weight excluding hydrogens is 361 g/mol. The summed E-state index contributed by atoms with van der Waals surface area (Å²) >= 11 is 0. The zero-order valence-corrected chi connectivity index (χ0v) is 18.7. The van der Waals surface area contributed by atoms with Crippen LogP contribution in [0.15, 0.2) is 17.4 Å². The van der Waals surface area contributed by atoms with Gasteiger partial charge in [0.2, 0.25) is 0 Å². The molecule has 1 aliphatic rings. The average molecular weight is 395 g/mol. The number of hydrogen-bond acceptors (Lipinski definition) is 4. The minimum absolute atomic E-state index is 0.0129. The van der Waals surface area contributed by atoms with E-state index >= 15 is 0 Å². The highest BCUT2D eigenvalue weighted by molar-refractivity contribution is 6.22. The van der Waals surface area contributed by atoms with Crippen molar-refractivity contribution in [3.63, 3.8) is 0 Å². The van der Waals surface area contributed by atoms with Crippen LogP contribution in [0.3, 0.4) is 0 Å². The first-order valence-electron chi connectivity index (χ1n) is 10.5. The first kappa shape index (κ1) is 24.9. The summed E-state index contributed by atoms with van der Waals surface area (Å²) < 4.78 is 0. The molecule has 1 unspecified atom stereocenters. The average Bonchev–Trinajstić information content (AvgIpc) is 2.61. The lowest BCUT2D eigenvalue weighted by Crippen LogP contribution is -2.24. The maximum Gasteiger partial charge on any atom is 0.168 e. The largest absolute Gasteiger partial charge is 0.511 e. The van der Waals surface area contributed by atoms with E-state index in [2.05, 4.69) is 0 Å². The third-order valence-electron chi connectivity index (χ3n) is 5.29. The maximum absolute atomic E-state index is 12.6. The van der Waals surface area contributed by atoms with Crippen molar-refractivity contribution in [1.29, 1.82) is 5.41 Å². The second-order valence-corrected chi connectivity index (χ2v) is 7.69. The standard InChI is InChI=1S/C22H29NO3.C2H5B/c1-6-8-17(24)21-13(4)9-12(3)20(14(21)5)15-10-18(25)22(16(23)7-2)19(26)11-15;1-2-3/h9,15,23,25H,6-8,10-11H2,1-5H3;2H2,1H3. The molecule has 0 amide bonds. The molecule has 29 heavy (non-hydrogen) atoms. The molecule has 0 heterocycles. The lowest BCUT2D eigenvalue weighted by atomic mass is 9.76. The van der Waals surface area contributed by atoms with Crippen molar-refractivity contribution in [2.24, 2.45) is 0 Å². The van der Waals surface area contributed by atoms with E-state index < -0.39 is 0 Å². The van der Waals surface area contributed by atoms with Gasteiger partial charge in [0.25, 0.3) is 0 Å². The number of nitrogens with one attached hydrogen (secondary N) is 1. The van der Waals surface area contributed by atoms with Gasteiger partial charge in [0.05, 0.1) is 13.4 Å². The van der Waals surface area contributed by atoms with Crippen LogP contribution in [-0.4, -0.2) is 30.2 Å². The fraction of sp³-hybridized carbons (Fsp3) is 0.542. The topological polar surface area (TPSA) is 78.2 Å². The summed E-state index contributed by atoms with van der Waals surface area (Å²) in [6, 6.07) is 2.01. The van der Waals surface area contributed by atoms with Crippen LogP contribution in [0.25, 0.3) is 0 Å². The molecule has 1 aliphatic carbocycles. The van der Waals surface area contributed by atoms with E-state index in [9.17, 15) is 14.7 Å². The van der Waals surface area contributed by atoms with E-state index in [0.717, 1.165) is 40.6 Å². The number of aliphatic hydroxyl groups excluding tert-OH is 1. The molecule has 1 aromatic rings. The van der Waals surface area contributed by atoms with Crippen molar-refractivity contribution in [2.75, 3.05) is 0 Å². The Morgan fingerprint density at radius 3 is 2.24 bits per heavy atom. The van der Waals surface area contributed by atoms with Crippen LogP contribution in [0.1, 0.15) is 91.4 Å². The fourth-order valence-electron chi connectivity index (χ4n) is 4.23. The molecule has 4 nitrogen and oxygen atoms in total. The Kier molecular flexibility index (Phi) is 9.55. The Morgan fingerprint density at radius 1 is 1.17 bits per heavy atom. The van der Waals surface area contributed by atoms with Gasteiger partial charge in [0.1, 0.15) is 5.76 Å². The van der Waals surface area contributed by atoms with Gasteiger partial charge in [0, 0.05) is 30.5 Å². The van der Waals surface area contributed by atoms with Crippen LogP contribution in [0, 0.1) is 26.2 Å².